The van der Waals surface area contributed by atoms with Crippen molar-refractivity contribution in [2.24, 2.45) is 0 Å². The van der Waals surface area contributed by atoms with Gasteiger partial charge in [-0.25, -0.2) is 4.98 Å². The molecule has 1 aliphatic rings. The fourth-order valence-electron chi connectivity index (χ4n) is 2.38. The van der Waals surface area contributed by atoms with Crippen molar-refractivity contribution in [1.29, 1.82) is 0 Å². The summed E-state index contributed by atoms with van der Waals surface area (Å²) in [4.78, 5) is 19.0. The average Bonchev–Trinajstić information content (AvgIpc) is 3.02. The maximum absolute atomic E-state index is 5.84. The second-order valence-electron chi connectivity index (χ2n) is 5.12. The zero-order valence-electron chi connectivity index (χ0n) is 11.9. The van der Waals surface area contributed by atoms with Crippen LogP contribution >= 0.6 is 0 Å². The van der Waals surface area contributed by atoms with Crippen molar-refractivity contribution in [3.05, 3.63) is 36.0 Å². The summed E-state index contributed by atoms with van der Waals surface area (Å²) in [6.07, 6.45) is 6.06. The van der Waals surface area contributed by atoms with E-state index < -0.39 is 0 Å². The Bertz CT molecular complexity index is 600. The summed E-state index contributed by atoms with van der Waals surface area (Å²) in [5, 5.41) is 0. The highest BCUT2D eigenvalue weighted by Gasteiger charge is 2.21. The molecule has 1 saturated heterocycles. The van der Waals surface area contributed by atoms with Gasteiger partial charge < -0.3 is 15.4 Å². The van der Waals surface area contributed by atoms with Crippen LogP contribution in [0.3, 0.4) is 0 Å². The van der Waals surface area contributed by atoms with Crippen LogP contribution in [0.5, 0.6) is 0 Å². The van der Waals surface area contributed by atoms with Crippen LogP contribution in [0.4, 0.5) is 11.8 Å². The Morgan fingerprint density at radius 2 is 2.29 bits per heavy atom. The second kappa shape index (κ2) is 6.01. The molecule has 0 spiro atoms. The maximum Gasteiger partial charge on any atom is 0.222 e. The molecule has 1 aliphatic heterocycles. The highest BCUT2D eigenvalue weighted by molar-refractivity contribution is 5.44. The third kappa shape index (κ3) is 3.25. The lowest BCUT2D eigenvalue weighted by Crippen LogP contribution is -2.20. The summed E-state index contributed by atoms with van der Waals surface area (Å²) < 4.78 is 5.41. The van der Waals surface area contributed by atoms with Crippen LogP contribution in [-0.2, 0) is 11.3 Å². The van der Waals surface area contributed by atoms with Gasteiger partial charge in [0.15, 0.2) is 0 Å². The first-order valence-electron chi connectivity index (χ1n) is 6.90. The molecule has 7 heteroatoms. The highest BCUT2D eigenvalue weighted by Crippen LogP contribution is 2.26. The van der Waals surface area contributed by atoms with Crippen LogP contribution in [0.15, 0.2) is 24.7 Å². The lowest BCUT2D eigenvalue weighted by atomic mass is 10.0. The molecule has 2 aromatic heterocycles. The van der Waals surface area contributed by atoms with Crippen molar-refractivity contribution >= 4 is 11.8 Å². The lowest BCUT2D eigenvalue weighted by Gasteiger charge is -2.19. The van der Waals surface area contributed by atoms with Gasteiger partial charge in [0.05, 0.1) is 30.7 Å². The molecule has 0 radical (unpaired) electrons. The first kappa shape index (κ1) is 13.7. The molecule has 3 heterocycles. The Kier molecular flexibility index (Phi) is 3.92. The molecule has 1 fully saturated rings. The van der Waals surface area contributed by atoms with E-state index in [1.807, 2.05) is 18.0 Å². The van der Waals surface area contributed by atoms with Crippen LogP contribution < -0.4 is 10.6 Å². The molecule has 2 N–H and O–H groups in total. The van der Waals surface area contributed by atoms with Gasteiger partial charge in [-0.3, -0.25) is 9.97 Å². The minimum atomic E-state index is 0.292. The molecular weight excluding hydrogens is 268 g/mol. The van der Waals surface area contributed by atoms with E-state index in [2.05, 4.69) is 19.9 Å². The predicted molar refractivity (Wildman–Crippen MR) is 78.8 cm³/mol. The van der Waals surface area contributed by atoms with E-state index in [9.17, 15) is 0 Å². The quantitative estimate of drug-likeness (QED) is 0.896. The van der Waals surface area contributed by atoms with E-state index in [0.29, 0.717) is 25.0 Å². The number of nitrogens with zero attached hydrogens (tertiary/aromatic N) is 5. The first-order chi connectivity index (χ1) is 10.2. The number of nitrogens with two attached hydrogens (primary N) is 1. The van der Waals surface area contributed by atoms with Crippen molar-refractivity contribution in [1.82, 2.24) is 19.9 Å². The Morgan fingerprint density at radius 1 is 1.38 bits per heavy atom. The Morgan fingerprint density at radius 3 is 3.00 bits per heavy atom. The van der Waals surface area contributed by atoms with Gasteiger partial charge in [0.2, 0.25) is 5.95 Å². The van der Waals surface area contributed by atoms with Gasteiger partial charge in [0.25, 0.3) is 0 Å². The normalized spacial score (nSPS) is 17.9. The number of aromatic nitrogens is 4. The van der Waals surface area contributed by atoms with Crippen molar-refractivity contribution < 1.29 is 4.74 Å². The Hall–Kier alpha value is -2.28. The number of nitrogen functional groups attached to an aromatic ring is 1. The molecule has 21 heavy (non-hydrogen) atoms. The molecule has 0 aliphatic carbocycles. The zero-order chi connectivity index (χ0) is 14.7. The molecule has 1 atom stereocenters. The maximum atomic E-state index is 5.84. The number of hydrogen-bond acceptors (Lipinski definition) is 7. The minimum Gasteiger partial charge on any atom is -0.381 e. The third-order valence-corrected chi connectivity index (χ3v) is 3.50. The SMILES string of the molecule is CN(Cc1cnccn1)c1cc([C@H]2CCOC2)nc(N)n1. The summed E-state index contributed by atoms with van der Waals surface area (Å²) in [6, 6.07) is 1.98. The van der Waals surface area contributed by atoms with Gasteiger partial charge in [0.1, 0.15) is 5.82 Å². The van der Waals surface area contributed by atoms with Crippen molar-refractivity contribution in [2.75, 3.05) is 30.9 Å². The largest absolute Gasteiger partial charge is 0.381 e. The van der Waals surface area contributed by atoms with Crippen LogP contribution in [0.1, 0.15) is 23.7 Å². The zero-order valence-corrected chi connectivity index (χ0v) is 11.9. The first-order valence-corrected chi connectivity index (χ1v) is 6.90. The van der Waals surface area contributed by atoms with E-state index in [-0.39, 0.29) is 0 Å². The number of ether oxygens (including phenoxy) is 1. The van der Waals surface area contributed by atoms with E-state index >= 15 is 0 Å². The van der Waals surface area contributed by atoms with Gasteiger partial charge in [-0.1, -0.05) is 0 Å². The number of rotatable bonds is 4. The van der Waals surface area contributed by atoms with Crippen LogP contribution in [0.2, 0.25) is 0 Å². The number of anilines is 2. The van der Waals surface area contributed by atoms with E-state index in [0.717, 1.165) is 30.2 Å². The minimum absolute atomic E-state index is 0.292. The van der Waals surface area contributed by atoms with E-state index in [1.54, 1.807) is 18.6 Å². The fraction of sp³-hybridized carbons (Fsp3) is 0.429. The summed E-state index contributed by atoms with van der Waals surface area (Å²) in [7, 11) is 1.95. The van der Waals surface area contributed by atoms with E-state index in [4.69, 9.17) is 10.5 Å². The summed E-state index contributed by atoms with van der Waals surface area (Å²) in [6.45, 7) is 2.09. The third-order valence-electron chi connectivity index (χ3n) is 3.50. The molecule has 2 aromatic rings. The van der Waals surface area contributed by atoms with E-state index in [1.165, 1.54) is 0 Å². The molecule has 7 nitrogen and oxygen atoms in total. The van der Waals surface area contributed by atoms with Crippen molar-refractivity contribution in [3.63, 3.8) is 0 Å². The topological polar surface area (TPSA) is 90.0 Å². The van der Waals surface area contributed by atoms with Gasteiger partial charge in [-0.2, -0.15) is 4.98 Å². The highest BCUT2D eigenvalue weighted by atomic mass is 16.5. The Balaban J connectivity index is 1.80. The van der Waals surface area contributed by atoms with Gasteiger partial charge in [0, 0.05) is 38.0 Å². The standard InChI is InChI=1S/C14H18N6O/c1-20(8-11-7-16-3-4-17-11)13-6-12(18-14(15)19-13)10-2-5-21-9-10/h3-4,6-7,10H,2,5,8-9H2,1H3,(H2,15,18,19)/t10-/m0/s1. The molecule has 0 saturated carbocycles. The Labute approximate surface area is 123 Å². The van der Waals surface area contributed by atoms with Crippen LogP contribution in [0.25, 0.3) is 0 Å². The van der Waals surface area contributed by atoms with Gasteiger partial charge in [-0.05, 0) is 6.42 Å². The van der Waals surface area contributed by atoms with Crippen molar-refractivity contribution in [2.45, 2.75) is 18.9 Å². The van der Waals surface area contributed by atoms with Gasteiger partial charge >= 0.3 is 0 Å². The predicted octanol–water partition coefficient (Wildman–Crippen LogP) is 0.989. The summed E-state index contributed by atoms with van der Waals surface area (Å²) >= 11 is 0. The fourth-order valence-corrected chi connectivity index (χ4v) is 2.38. The lowest BCUT2D eigenvalue weighted by molar-refractivity contribution is 0.193. The molecule has 110 valence electrons. The molecular formula is C14H18N6O. The van der Waals surface area contributed by atoms with Gasteiger partial charge in [-0.15, -0.1) is 0 Å². The molecule has 0 bridgehead atoms. The van der Waals surface area contributed by atoms with Crippen LogP contribution in [0, 0.1) is 0 Å². The van der Waals surface area contributed by atoms with Crippen molar-refractivity contribution in [3.8, 4) is 0 Å². The average molecular weight is 286 g/mol. The molecule has 0 amide bonds. The summed E-state index contributed by atoms with van der Waals surface area (Å²) in [5.41, 5.74) is 7.66. The molecule has 0 unspecified atom stereocenters. The number of hydrogen-bond donors (Lipinski definition) is 1. The second-order valence-corrected chi connectivity index (χ2v) is 5.12. The molecule has 0 aromatic carbocycles. The smallest absolute Gasteiger partial charge is 0.222 e. The molecule has 3 rings (SSSR count). The van der Waals surface area contributed by atoms with Crippen LogP contribution in [-0.4, -0.2) is 40.2 Å². The summed E-state index contributed by atoms with van der Waals surface area (Å²) in [5.74, 6) is 1.38. The monoisotopic (exact) mass is 286 g/mol.